The van der Waals surface area contributed by atoms with Gasteiger partial charge in [-0.15, -0.1) is 0 Å². The van der Waals surface area contributed by atoms with Gasteiger partial charge in [0.15, 0.2) is 0 Å². The van der Waals surface area contributed by atoms with E-state index >= 15 is 4.39 Å². The first-order valence-electron chi connectivity index (χ1n) is 10.4. The van der Waals surface area contributed by atoms with E-state index in [-0.39, 0.29) is 24.8 Å². The van der Waals surface area contributed by atoms with Gasteiger partial charge in [-0.1, -0.05) is 17.3 Å². The average Bonchev–Trinajstić information content (AvgIpc) is 3.47. The van der Waals surface area contributed by atoms with Crippen LogP contribution >= 0.6 is 0 Å². The van der Waals surface area contributed by atoms with Crippen LogP contribution < -0.4 is 4.74 Å². The number of rotatable bonds is 5. The molecule has 1 unspecified atom stereocenters. The predicted molar refractivity (Wildman–Crippen MR) is 110 cm³/mol. The van der Waals surface area contributed by atoms with Gasteiger partial charge in [-0.2, -0.15) is 4.98 Å². The van der Waals surface area contributed by atoms with Crippen molar-refractivity contribution in [2.75, 3.05) is 20.2 Å². The van der Waals surface area contributed by atoms with Crippen LogP contribution in [-0.4, -0.2) is 46.1 Å². The molecule has 0 N–H and O–H groups in total. The Kier molecular flexibility index (Phi) is 4.72. The molecule has 2 aliphatic rings. The van der Waals surface area contributed by atoms with Crippen LogP contribution in [0.25, 0.3) is 11.4 Å². The molecule has 3 heterocycles. The molecule has 31 heavy (non-hydrogen) atoms. The van der Waals surface area contributed by atoms with Gasteiger partial charge in [0.2, 0.25) is 17.4 Å². The van der Waals surface area contributed by atoms with Crippen LogP contribution in [0, 0.1) is 0 Å². The molecule has 3 aromatic rings. The molecule has 2 aromatic heterocycles. The Morgan fingerprint density at radius 3 is 2.55 bits per heavy atom. The normalized spacial score (nSPS) is 22.2. The Hall–Kier alpha value is -3.29. The number of halogens is 1. The number of hydrogen-bond donors (Lipinski definition) is 0. The second-order valence-electron chi connectivity index (χ2n) is 8.27. The zero-order valence-electron chi connectivity index (χ0n) is 17.3. The molecule has 1 saturated heterocycles. The number of piperidine rings is 1. The minimum absolute atomic E-state index is 0.0340. The van der Waals surface area contributed by atoms with Crippen molar-refractivity contribution in [1.29, 1.82) is 0 Å². The van der Waals surface area contributed by atoms with Crippen molar-refractivity contribution in [3.05, 3.63) is 60.2 Å². The maximum absolute atomic E-state index is 15.9. The van der Waals surface area contributed by atoms with Crippen LogP contribution in [0.15, 0.2) is 53.3 Å². The number of nitrogens with zero attached hydrogens (tertiary/aromatic N) is 4. The Bertz CT molecular complexity index is 1080. The number of benzene rings is 1. The summed E-state index contributed by atoms with van der Waals surface area (Å²) in [5.74, 6) is 0.947. The SMILES string of the molecule is COc1ccc(C2(C(=O)N3CCCC(F)(c4nc(-c5ccncc5)no4)C3)CC2)cc1. The molecule has 1 aliphatic heterocycles. The summed E-state index contributed by atoms with van der Waals surface area (Å²) in [5.41, 5.74) is -0.774. The van der Waals surface area contributed by atoms with E-state index in [0.29, 0.717) is 24.4 Å². The highest BCUT2D eigenvalue weighted by atomic mass is 19.1. The van der Waals surface area contributed by atoms with Gasteiger partial charge in [-0.25, -0.2) is 4.39 Å². The smallest absolute Gasteiger partial charge is 0.266 e. The molecule has 1 aliphatic carbocycles. The van der Waals surface area contributed by atoms with Crippen molar-refractivity contribution in [3.8, 4) is 17.1 Å². The minimum atomic E-state index is -1.86. The molecule has 1 saturated carbocycles. The molecule has 8 heteroatoms. The topological polar surface area (TPSA) is 81.4 Å². The maximum atomic E-state index is 15.9. The Morgan fingerprint density at radius 2 is 1.87 bits per heavy atom. The maximum Gasteiger partial charge on any atom is 0.266 e. The number of carbonyl (C=O) groups is 1. The number of alkyl halides is 1. The molecule has 1 atom stereocenters. The summed E-state index contributed by atoms with van der Waals surface area (Å²) in [7, 11) is 1.61. The molecule has 0 radical (unpaired) electrons. The molecule has 0 spiro atoms. The van der Waals surface area contributed by atoms with E-state index in [0.717, 1.165) is 24.2 Å². The van der Waals surface area contributed by atoms with Crippen LogP contribution in [0.4, 0.5) is 4.39 Å². The minimum Gasteiger partial charge on any atom is -0.497 e. The summed E-state index contributed by atoms with van der Waals surface area (Å²) in [6, 6.07) is 11.0. The zero-order chi connectivity index (χ0) is 21.5. The van der Waals surface area contributed by atoms with Gasteiger partial charge < -0.3 is 14.2 Å². The predicted octanol–water partition coefficient (Wildman–Crippen LogP) is 3.66. The number of hydrogen-bond acceptors (Lipinski definition) is 6. The summed E-state index contributed by atoms with van der Waals surface area (Å²) in [6.07, 6.45) is 5.54. The summed E-state index contributed by atoms with van der Waals surface area (Å²) in [5, 5.41) is 3.93. The van der Waals surface area contributed by atoms with Gasteiger partial charge in [0.05, 0.1) is 19.1 Å². The van der Waals surface area contributed by atoms with E-state index in [9.17, 15) is 4.79 Å². The molecule has 2 fully saturated rings. The van der Waals surface area contributed by atoms with Gasteiger partial charge in [0, 0.05) is 24.5 Å². The lowest BCUT2D eigenvalue weighted by Crippen LogP contribution is -2.49. The average molecular weight is 422 g/mol. The van der Waals surface area contributed by atoms with Crippen LogP contribution in [0.2, 0.25) is 0 Å². The Morgan fingerprint density at radius 1 is 1.13 bits per heavy atom. The van der Waals surface area contributed by atoms with Crippen LogP contribution in [0.1, 0.15) is 37.1 Å². The van der Waals surface area contributed by atoms with Crippen LogP contribution in [0.3, 0.4) is 0 Å². The summed E-state index contributed by atoms with van der Waals surface area (Å²) in [4.78, 5) is 23.3. The van der Waals surface area contributed by atoms with Gasteiger partial charge in [-0.05, 0) is 55.5 Å². The lowest BCUT2D eigenvalue weighted by atomic mass is 9.90. The number of aromatic nitrogens is 3. The molecule has 1 aromatic carbocycles. The summed E-state index contributed by atoms with van der Waals surface area (Å²) < 4.78 is 26.4. The van der Waals surface area contributed by atoms with Gasteiger partial charge in [0.25, 0.3) is 5.89 Å². The van der Waals surface area contributed by atoms with Crippen molar-refractivity contribution in [1.82, 2.24) is 20.0 Å². The van der Waals surface area contributed by atoms with Gasteiger partial charge >= 0.3 is 0 Å². The molecule has 5 rings (SSSR count). The molecular formula is C23H23FN4O3. The number of carbonyl (C=O) groups excluding carboxylic acids is 1. The van der Waals surface area contributed by atoms with Crippen molar-refractivity contribution in [3.63, 3.8) is 0 Å². The van der Waals surface area contributed by atoms with E-state index in [1.807, 2.05) is 24.3 Å². The van der Waals surface area contributed by atoms with E-state index in [1.54, 1.807) is 36.5 Å². The zero-order valence-corrected chi connectivity index (χ0v) is 17.3. The fourth-order valence-electron chi connectivity index (χ4n) is 4.35. The highest BCUT2D eigenvalue weighted by Gasteiger charge is 2.55. The van der Waals surface area contributed by atoms with E-state index in [2.05, 4.69) is 15.1 Å². The van der Waals surface area contributed by atoms with Crippen molar-refractivity contribution >= 4 is 5.91 Å². The second-order valence-corrected chi connectivity index (χ2v) is 8.27. The van der Waals surface area contributed by atoms with Gasteiger partial charge in [0.1, 0.15) is 5.75 Å². The number of methoxy groups -OCH3 is 1. The van der Waals surface area contributed by atoms with Crippen molar-refractivity contribution in [2.24, 2.45) is 0 Å². The summed E-state index contributed by atoms with van der Waals surface area (Å²) >= 11 is 0. The fourth-order valence-corrected chi connectivity index (χ4v) is 4.35. The first-order valence-corrected chi connectivity index (χ1v) is 10.4. The number of ether oxygens (including phenoxy) is 1. The largest absolute Gasteiger partial charge is 0.497 e. The highest BCUT2D eigenvalue weighted by molar-refractivity contribution is 5.91. The second kappa shape index (κ2) is 7.44. The third-order valence-corrected chi connectivity index (χ3v) is 6.28. The first-order chi connectivity index (χ1) is 15.0. The molecular weight excluding hydrogens is 399 g/mol. The van der Waals surface area contributed by atoms with Crippen molar-refractivity contribution < 1.29 is 18.4 Å². The van der Waals surface area contributed by atoms with Gasteiger partial charge in [-0.3, -0.25) is 9.78 Å². The number of amides is 1. The van der Waals surface area contributed by atoms with Crippen molar-refractivity contribution in [2.45, 2.75) is 36.8 Å². The third-order valence-electron chi connectivity index (χ3n) is 6.28. The number of likely N-dealkylation sites (tertiary alicyclic amines) is 1. The lowest BCUT2D eigenvalue weighted by Gasteiger charge is -2.37. The molecule has 160 valence electrons. The quantitative estimate of drug-likeness (QED) is 0.624. The highest BCUT2D eigenvalue weighted by Crippen LogP contribution is 2.51. The number of pyridine rings is 1. The fraction of sp³-hybridized carbons (Fsp3) is 0.391. The monoisotopic (exact) mass is 422 g/mol. The van der Waals surface area contributed by atoms with Crippen LogP contribution in [-0.2, 0) is 15.9 Å². The first kappa shape index (κ1) is 19.7. The standard InChI is InChI=1S/C23H23FN4O3/c1-30-18-5-3-17(4-6-18)22(10-11-22)21(29)28-14-2-9-23(24,15-28)20-26-19(27-31-20)16-7-12-25-13-8-16/h3-8,12-13H,2,9-11,14-15H2,1H3. The van der Waals surface area contributed by atoms with E-state index < -0.39 is 11.1 Å². The van der Waals surface area contributed by atoms with E-state index in [4.69, 9.17) is 9.26 Å². The van der Waals surface area contributed by atoms with E-state index in [1.165, 1.54) is 0 Å². The lowest BCUT2D eigenvalue weighted by molar-refractivity contribution is -0.139. The Balaban J connectivity index is 1.36. The third kappa shape index (κ3) is 3.45. The summed E-state index contributed by atoms with van der Waals surface area (Å²) in [6.45, 7) is 0.440. The molecule has 0 bridgehead atoms. The Labute approximate surface area is 179 Å². The molecule has 7 nitrogen and oxygen atoms in total. The van der Waals surface area contributed by atoms with Crippen LogP contribution in [0.5, 0.6) is 5.75 Å². The molecule has 1 amide bonds.